The average molecular weight is 323 g/mol. The first-order valence-corrected chi connectivity index (χ1v) is 5.21. The van der Waals surface area contributed by atoms with Crippen molar-refractivity contribution in [3.05, 3.63) is 49.9 Å². The van der Waals surface area contributed by atoms with Gasteiger partial charge in [-0.05, 0) is 12.5 Å². The van der Waals surface area contributed by atoms with Crippen LogP contribution in [0.5, 0.6) is 0 Å². The van der Waals surface area contributed by atoms with Crippen LogP contribution in [0.1, 0.15) is 5.56 Å². The Morgan fingerprint density at radius 1 is 1.29 bits per heavy atom. The van der Waals surface area contributed by atoms with Crippen molar-refractivity contribution < 1.29 is 4.92 Å². The van der Waals surface area contributed by atoms with Gasteiger partial charge in [0.05, 0.1) is 4.92 Å². The van der Waals surface area contributed by atoms with Gasteiger partial charge in [0, 0.05) is 21.1 Å². The third kappa shape index (κ3) is 3.23. The number of benzene rings is 1. The van der Waals surface area contributed by atoms with Crippen LogP contribution >= 0.6 is 31.9 Å². The monoisotopic (exact) mass is 321 g/mol. The van der Waals surface area contributed by atoms with Gasteiger partial charge in [0.25, 0.3) is 5.69 Å². The first-order valence-electron chi connectivity index (χ1n) is 3.62. The predicted octanol–water partition coefficient (Wildman–Crippen LogP) is 4.23. The van der Waals surface area contributed by atoms with Gasteiger partial charge in [-0.3, -0.25) is 10.1 Å². The lowest BCUT2D eigenvalue weighted by atomic mass is 10.2. The van der Waals surface area contributed by atoms with Crippen LogP contribution in [0, 0.1) is 17.0 Å². The van der Waals surface area contributed by atoms with Gasteiger partial charge in [-0.15, -0.1) is 13.2 Å². The van der Waals surface area contributed by atoms with Crippen LogP contribution < -0.4 is 0 Å². The molecule has 1 aromatic carbocycles. The molecule has 1 aromatic rings. The molecule has 0 aliphatic carbocycles. The van der Waals surface area contributed by atoms with Crippen molar-refractivity contribution in [3.63, 3.8) is 0 Å². The van der Waals surface area contributed by atoms with Crippen LogP contribution in [0.3, 0.4) is 0 Å². The van der Waals surface area contributed by atoms with Gasteiger partial charge in [0.1, 0.15) is 0 Å². The fraction of sp³-hybridized carbons (Fsp3) is 0.111. The van der Waals surface area contributed by atoms with E-state index < -0.39 is 4.92 Å². The van der Waals surface area contributed by atoms with Crippen molar-refractivity contribution in [2.45, 2.75) is 6.92 Å². The molecule has 0 saturated heterocycles. The van der Waals surface area contributed by atoms with Crippen LogP contribution in [-0.4, -0.2) is 4.92 Å². The molecule has 14 heavy (non-hydrogen) atoms. The molecule has 1 rings (SSSR count). The summed E-state index contributed by atoms with van der Waals surface area (Å²) in [5.74, 6) is 0. The summed E-state index contributed by atoms with van der Waals surface area (Å²) in [5, 5.41) is 10.4. The van der Waals surface area contributed by atoms with E-state index in [1.165, 1.54) is 12.1 Å². The lowest BCUT2D eigenvalue weighted by molar-refractivity contribution is -0.385. The van der Waals surface area contributed by atoms with Gasteiger partial charge in [-0.25, -0.2) is 0 Å². The van der Waals surface area contributed by atoms with E-state index in [2.05, 4.69) is 45.0 Å². The summed E-state index contributed by atoms with van der Waals surface area (Å²) in [6, 6.07) is 2.97. The van der Waals surface area contributed by atoms with Crippen LogP contribution in [0.2, 0.25) is 0 Å². The summed E-state index contributed by atoms with van der Waals surface area (Å²) in [6.07, 6.45) is 0. The molecular formula is C9H9Br2NO2. The zero-order chi connectivity index (χ0) is 11.3. The normalized spacial score (nSPS) is 8.79. The molecule has 0 aromatic heterocycles. The minimum atomic E-state index is -0.422. The Morgan fingerprint density at radius 3 is 1.93 bits per heavy atom. The van der Waals surface area contributed by atoms with Crippen LogP contribution in [-0.2, 0) is 0 Å². The molecule has 0 N–H and O–H groups in total. The second-order valence-electron chi connectivity index (χ2n) is 2.29. The van der Waals surface area contributed by atoms with Gasteiger partial charge in [-0.2, -0.15) is 0 Å². The number of nitro groups is 1. The molecular weight excluding hydrogens is 314 g/mol. The maximum atomic E-state index is 10.4. The fourth-order valence-electron chi connectivity index (χ4n) is 0.737. The molecule has 0 fully saturated rings. The molecule has 0 amide bonds. The van der Waals surface area contributed by atoms with Crippen molar-refractivity contribution in [2.75, 3.05) is 0 Å². The van der Waals surface area contributed by atoms with E-state index in [0.29, 0.717) is 0 Å². The Bertz CT molecular complexity index is 330. The number of non-ortho nitro benzene ring substituents is 1. The summed E-state index contributed by atoms with van der Waals surface area (Å²) in [7, 11) is 0. The maximum absolute atomic E-state index is 10.4. The van der Waals surface area contributed by atoms with E-state index >= 15 is 0 Å². The van der Waals surface area contributed by atoms with Crippen LogP contribution in [0.25, 0.3) is 0 Å². The number of hydrogen-bond acceptors (Lipinski definition) is 2. The smallest absolute Gasteiger partial charge is 0.258 e. The number of nitro benzene ring substituents is 1. The minimum absolute atomic E-state index is 0.0827. The molecule has 0 atom stereocenters. The molecule has 76 valence electrons. The Hall–Kier alpha value is -0.680. The van der Waals surface area contributed by atoms with E-state index in [4.69, 9.17) is 0 Å². The van der Waals surface area contributed by atoms with Gasteiger partial charge in [-0.1, -0.05) is 31.9 Å². The fourth-order valence-corrected chi connectivity index (χ4v) is 1.90. The van der Waals surface area contributed by atoms with Gasteiger partial charge in [0.15, 0.2) is 0 Å². The highest BCUT2D eigenvalue weighted by atomic mass is 79.9. The van der Waals surface area contributed by atoms with Crippen molar-refractivity contribution >= 4 is 37.5 Å². The zero-order valence-corrected chi connectivity index (χ0v) is 10.8. The van der Waals surface area contributed by atoms with Crippen molar-refractivity contribution in [3.8, 4) is 0 Å². The van der Waals surface area contributed by atoms with E-state index in [-0.39, 0.29) is 5.69 Å². The first kappa shape index (κ1) is 13.3. The number of nitrogens with zero attached hydrogens (tertiary/aromatic N) is 1. The van der Waals surface area contributed by atoms with Crippen molar-refractivity contribution in [2.24, 2.45) is 0 Å². The van der Waals surface area contributed by atoms with Crippen molar-refractivity contribution in [1.29, 1.82) is 0 Å². The lowest BCUT2D eigenvalue weighted by Gasteiger charge is -2.00. The third-order valence-electron chi connectivity index (χ3n) is 1.48. The second kappa shape index (κ2) is 5.93. The Balaban J connectivity index is 0.000000791. The summed E-state index contributed by atoms with van der Waals surface area (Å²) in [4.78, 5) is 9.96. The highest BCUT2D eigenvalue weighted by Gasteiger charge is 2.10. The van der Waals surface area contributed by atoms with Crippen LogP contribution in [0.4, 0.5) is 5.69 Å². The Labute approximate surface area is 99.2 Å². The summed E-state index contributed by atoms with van der Waals surface area (Å²) in [5.41, 5.74) is 1.04. The number of hydrogen-bond donors (Lipinski definition) is 0. The molecule has 0 aliphatic heterocycles. The summed E-state index contributed by atoms with van der Waals surface area (Å²) >= 11 is 6.46. The van der Waals surface area contributed by atoms with E-state index in [0.717, 1.165) is 14.5 Å². The highest BCUT2D eigenvalue weighted by molar-refractivity contribution is 9.11. The Kier molecular flexibility index (Phi) is 5.64. The average Bonchev–Trinajstić information content (AvgIpc) is 2.16. The highest BCUT2D eigenvalue weighted by Crippen LogP contribution is 2.29. The topological polar surface area (TPSA) is 43.1 Å². The van der Waals surface area contributed by atoms with E-state index in [1.54, 1.807) is 0 Å². The lowest BCUT2D eigenvalue weighted by Crippen LogP contribution is -1.89. The summed E-state index contributed by atoms with van der Waals surface area (Å²) in [6.45, 7) is 7.87. The molecule has 3 nitrogen and oxygen atoms in total. The van der Waals surface area contributed by atoms with Crippen LogP contribution in [0.15, 0.2) is 34.2 Å². The molecule has 0 bridgehead atoms. The summed E-state index contributed by atoms with van der Waals surface area (Å²) < 4.78 is 1.48. The molecule has 0 unspecified atom stereocenters. The number of rotatable bonds is 1. The van der Waals surface area contributed by atoms with Gasteiger partial charge < -0.3 is 0 Å². The molecule has 0 radical (unpaired) electrons. The molecule has 0 aliphatic rings. The van der Waals surface area contributed by atoms with E-state index in [9.17, 15) is 10.1 Å². The molecule has 0 saturated carbocycles. The zero-order valence-electron chi connectivity index (χ0n) is 7.59. The Morgan fingerprint density at radius 2 is 1.64 bits per heavy atom. The molecule has 0 heterocycles. The number of halogens is 2. The van der Waals surface area contributed by atoms with Gasteiger partial charge in [0.2, 0.25) is 0 Å². The quantitative estimate of drug-likeness (QED) is 0.441. The molecule has 5 heteroatoms. The minimum Gasteiger partial charge on any atom is -0.258 e. The SMILES string of the molecule is C=C.Cc1c(Br)cc([N+](=O)[O-])cc1Br. The second-order valence-corrected chi connectivity index (χ2v) is 4.00. The first-order chi connectivity index (χ1) is 6.52. The predicted molar refractivity (Wildman–Crippen MR) is 64.5 cm³/mol. The van der Waals surface area contributed by atoms with E-state index in [1.807, 2.05) is 6.92 Å². The molecule has 0 spiro atoms. The van der Waals surface area contributed by atoms with Gasteiger partial charge >= 0.3 is 0 Å². The third-order valence-corrected chi connectivity index (χ3v) is 3.12. The standard InChI is InChI=1S/C7H5Br2NO2.C2H4/c1-4-6(8)2-5(10(11)12)3-7(4)9;1-2/h2-3H,1H3;1-2H2. The van der Waals surface area contributed by atoms with Crippen molar-refractivity contribution in [1.82, 2.24) is 0 Å². The maximum Gasteiger partial charge on any atom is 0.271 e. The largest absolute Gasteiger partial charge is 0.271 e.